The number of nitrogens with zero attached hydrogens (tertiary/aromatic N) is 1. The molecule has 1 aromatic rings. The Hall–Kier alpha value is -2.32. The topological polar surface area (TPSA) is 97.3 Å². The Morgan fingerprint density at radius 1 is 1.28 bits per heavy atom. The van der Waals surface area contributed by atoms with E-state index < -0.39 is 17.7 Å². The normalized spacial score (nSPS) is 17.7. The third kappa shape index (κ3) is 7.21. The summed E-state index contributed by atoms with van der Waals surface area (Å²) in [5.74, 6) is 0.466. The van der Waals surface area contributed by atoms with Crippen molar-refractivity contribution in [2.75, 3.05) is 32.9 Å². The molecule has 1 saturated heterocycles. The van der Waals surface area contributed by atoms with Crippen LogP contribution in [0.1, 0.15) is 45.7 Å². The van der Waals surface area contributed by atoms with Crippen molar-refractivity contribution in [3.8, 4) is 5.75 Å². The van der Waals surface area contributed by atoms with Crippen LogP contribution < -0.4 is 10.1 Å². The number of alkyl carbamates (subject to hydrolysis) is 1. The molecule has 0 aliphatic carbocycles. The first-order valence-electron chi connectivity index (χ1n) is 9.97. The van der Waals surface area contributed by atoms with Crippen LogP contribution in [0, 0.1) is 0 Å². The van der Waals surface area contributed by atoms with Crippen molar-refractivity contribution in [2.24, 2.45) is 0 Å². The molecule has 2 rings (SSSR count). The van der Waals surface area contributed by atoms with Crippen molar-refractivity contribution in [3.63, 3.8) is 0 Å². The fraction of sp³-hybridized carbons (Fsp3) is 0.619. The standard InChI is InChI=1S/C21H32N2O6/c1-5-27-16-8-6-15(7-9-16)18(22-20(26)29-21(2,3)4)19(25)23-11-10-17(14-23)28-13-12-24/h6-9,17-18,24H,5,10-14H2,1-4H3,(H,22,26). The summed E-state index contributed by atoms with van der Waals surface area (Å²) in [6, 6.07) is 6.19. The van der Waals surface area contributed by atoms with Gasteiger partial charge in [-0.15, -0.1) is 0 Å². The van der Waals surface area contributed by atoms with Gasteiger partial charge in [-0.1, -0.05) is 12.1 Å². The van der Waals surface area contributed by atoms with Crippen LogP contribution >= 0.6 is 0 Å². The van der Waals surface area contributed by atoms with Gasteiger partial charge in [-0.05, 0) is 51.8 Å². The Labute approximate surface area is 172 Å². The predicted octanol–water partition coefficient (Wildman–Crippen LogP) is 2.26. The smallest absolute Gasteiger partial charge is 0.408 e. The van der Waals surface area contributed by atoms with Crippen LogP contribution in [-0.2, 0) is 14.3 Å². The van der Waals surface area contributed by atoms with Crippen molar-refractivity contribution in [3.05, 3.63) is 29.8 Å². The molecule has 1 aromatic carbocycles. The largest absolute Gasteiger partial charge is 0.494 e. The maximum Gasteiger partial charge on any atom is 0.408 e. The van der Waals surface area contributed by atoms with Gasteiger partial charge in [0.1, 0.15) is 17.4 Å². The molecular weight excluding hydrogens is 376 g/mol. The van der Waals surface area contributed by atoms with Gasteiger partial charge >= 0.3 is 6.09 Å². The van der Waals surface area contributed by atoms with Crippen molar-refractivity contribution in [1.29, 1.82) is 0 Å². The zero-order chi connectivity index (χ0) is 21.4. The van der Waals surface area contributed by atoms with Crippen molar-refractivity contribution >= 4 is 12.0 Å². The number of likely N-dealkylation sites (tertiary alicyclic amines) is 1. The quantitative estimate of drug-likeness (QED) is 0.685. The monoisotopic (exact) mass is 408 g/mol. The molecule has 1 heterocycles. The molecule has 2 atom stereocenters. The number of carbonyl (C=O) groups excluding carboxylic acids is 2. The summed E-state index contributed by atoms with van der Waals surface area (Å²) in [5.41, 5.74) is -0.0306. The van der Waals surface area contributed by atoms with E-state index >= 15 is 0 Å². The molecule has 0 spiro atoms. The summed E-state index contributed by atoms with van der Waals surface area (Å²) in [6.07, 6.45) is -0.0839. The molecular formula is C21H32N2O6. The molecule has 1 aliphatic heterocycles. The molecule has 1 fully saturated rings. The SMILES string of the molecule is CCOc1ccc(C(NC(=O)OC(C)(C)C)C(=O)N2CCC(OCCO)C2)cc1. The fourth-order valence-electron chi connectivity index (χ4n) is 3.10. The Morgan fingerprint density at radius 3 is 2.55 bits per heavy atom. The van der Waals surface area contributed by atoms with Crippen LogP contribution in [0.3, 0.4) is 0 Å². The number of amides is 2. The lowest BCUT2D eigenvalue weighted by molar-refractivity contribution is -0.133. The van der Waals surface area contributed by atoms with E-state index in [1.54, 1.807) is 49.9 Å². The van der Waals surface area contributed by atoms with Gasteiger partial charge < -0.3 is 29.5 Å². The van der Waals surface area contributed by atoms with E-state index in [1.165, 1.54) is 0 Å². The lowest BCUT2D eigenvalue weighted by atomic mass is 10.1. The average molecular weight is 408 g/mol. The van der Waals surface area contributed by atoms with E-state index in [4.69, 9.17) is 19.3 Å². The maximum atomic E-state index is 13.2. The van der Waals surface area contributed by atoms with Gasteiger partial charge in [0.15, 0.2) is 0 Å². The van der Waals surface area contributed by atoms with Gasteiger partial charge in [-0.25, -0.2) is 4.79 Å². The Bertz CT molecular complexity index is 671. The molecule has 2 amide bonds. The predicted molar refractivity (Wildman–Crippen MR) is 108 cm³/mol. The van der Waals surface area contributed by atoms with Crippen molar-refractivity contribution < 1.29 is 28.9 Å². The number of aliphatic hydroxyl groups is 1. The minimum atomic E-state index is -0.878. The fourth-order valence-corrected chi connectivity index (χ4v) is 3.10. The van der Waals surface area contributed by atoms with Crippen LogP contribution in [0.2, 0.25) is 0 Å². The van der Waals surface area contributed by atoms with Crippen LogP contribution in [0.15, 0.2) is 24.3 Å². The summed E-state index contributed by atoms with van der Waals surface area (Å²) in [5, 5.41) is 11.6. The van der Waals surface area contributed by atoms with Gasteiger partial charge in [0, 0.05) is 13.1 Å². The molecule has 0 aromatic heterocycles. The lowest BCUT2D eigenvalue weighted by Crippen LogP contribution is -2.44. The number of nitrogens with one attached hydrogen (secondary N) is 1. The van der Waals surface area contributed by atoms with E-state index in [1.807, 2.05) is 6.92 Å². The third-order valence-corrected chi connectivity index (χ3v) is 4.33. The number of ether oxygens (including phenoxy) is 3. The summed E-state index contributed by atoms with van der Waals surface area (Å²) in [4.78, 5) is 27.2. The van der Waals surface area contributed by atoms with Gasteiger partial charge in [0.25, 0.3) is 0 Å². The van der Waals surface area contributed by atoms with Gasteiger partial charge in [0.05, 0.1) is 25.9 Å². The third-order valence-electron chi connectivity index (χ3n) is 4.33. The molecule has 0 radical (unpaired) electrons. The molecule has 29 heavy (non-hydrogen) atoms. The Kier molecular flexibility index (Phi) is 8.28. The maximum absolute atomic E-state index is 13.2. The van der Waals surface area contributed by atoms with Crippen LogP contribution in [0.4, 0.5) is 4.79 Å². The second-order valence-electron chi connectivity index (χ2n) is 7.87. The molecule has 0 bridgehead atoms. The average Bonchev–Trinajstić information content (AvgIpc) is 3.12. The van der Waals surface area contributed by atoms with Gasteiger partial charge in [-0.3, -0.25) is 4.79 Å². The molecule has 162 valence electrons. The zero-order valence-electron chi connectivity index (χ0n) is 17.6. The summed E-state index contributed by atoms with van der Waals surface area (Å²) >= 11 is 0. The first kappa shape index (κ1) is 23.0. The van der Waals surface area contributed by atoms with Gasteiger partial charge in [0.2, 0.25) is 5.91 Å². The first-order chi connectivity index (χ1) is 13.7. The second-order valence-corrected chi connectivity index (χ2v) is 7.87. The van der Waals surface area contributed by atoms with E-state index in [-0.39, 0.29) is 25.2 Å². The van der Waals surface area contributed by atoms with Crippen LogP contribution in [-0.4, -0.2) is 66.6 Å². The highest BCUT2D eigenvalue weighted by molar-refractivity contribution is 5.87. The molecule has 1 aliphatic rings. The van der Waals surface area contributed by atoms with E-state index in [9.17, 15) is 9.59 Å². The van der Waals surface area contributed by atoms with Crippen molar-refractivity contribution in [1.82, 2.24) is 10.2 Å². The Balaban J connectivity index is 2.15. The van der Waals surface area contributed by atoms with E-state index in [2.05, 4.69) is 5.32 Å². The molecule has 2 N–H and O–H groups in total. The highest BCUT2D eigenvalue weighted by atomic mass is 16.6. The van der Waals surface area contributed by atoms with Crippen LogP contribution in [0.25, 0.3) is 0 Å². The number of benzene rings is 1. The number of aliphatic hydroxyl groups excluding tert-OH is 1. The zero-order valence-corrected chi connectivity index (χ0v) is 17.6. The van der Waals surface area contributed by atoms with Gasteiger partial charge in [-0.2, -0.15) is 0 Å². The second kappa shape index (κ2) is 10.5. The minimum Gasteiger partial charge on any atom is -0.494 e. The summed E-state index contributed by atoms with van der Waals surface area (Å²) < 4.78 is 16.3. The molecule has 2 unspecified atom stereocenters. The highest BCUT2D eigenvalue weighted by Gasteiger charge is 2.34. The molecule has 8 heteroatoms. The summed E-state index contributed by atoms with van der Waals surface area (Å²) in [6.45, 7) is 8.87. The van der Waals surface area contributed by atoms with Crippen LogP contribution in [0.5, 0.6) is 5.75 Å². The summed E-state index contributed by atoms with van der Waals surface area (Å²) in [7, 11) is 0. The minimum absolute atomic E-state index is 0.0561. The van der Waals surface area contributed by atoms with E-state index in [0.717, 1.165) is 0 Å². The Morgan fingerprint density at radius 2 is 1.97 bits per heavy atom. The molecule has 0 saturated carbocycles. The number of hydrogen-bond acceptors (Lipinski definition) is 6. The lowest BCUT2D eigenvalue weighted by Gasteiger charge is -2.26. The number of rotatable bonds is 8. The van der Waals surface area contributed by atoms with Crippen molar-refractivity contribution in [2.45, 2.75) is 51.9 Å². The first-order valence-corrected chi connectivity index (χ1v) is 9.97. The van der Waals surface area contributed by atoms with E-state index in [0.29, 0.717) is 37.4 Å². The molecule has 8 nitrogen and oxygen atoms in total. The number of carbonyl (C=O) groups is 2. The highest BCUT2D eigenvalue weighted by Crippen LogP contribution is 2.23. The number of hydrogen-bond donors (Lipinski definition) is 2.